The number of hydrazine groups is 1. The Morgan fingerprint density at radius 2 is 2.00 bits per heavy atom. The monoisotopic (exact) mass is 292 g/mol. The summed E-state index contributed by atoms with van der Waals surface area (Å²) in [7, 11) is 1.86. The summed E-state index contributed by atoms with van der Waals surface area (Å²) >= 11 is 0. The van der Waals surface area contributed by atoms with E-state index in [1.165, 1.54) is 0 Å². The zero-order valence-corrected chi connectivity index (χ0v) is 12.6. The molecule has 21 heavy (non-hydrogen) atoms. The van der Waals surface area contributed by atoms with Gasteiger partial charge in [-0.1, -0.05) is 6.92 Å². The van der Waals surface area contributed by atoms with Crippen molar-refractivity contribution in [1.29, 1.82) is 0 Å². The molecule has 2 aromatic rings. The van der Waals surface area contributed by atoms with Crippen molar-refractivity contribution in [2.45, 2.75) is 33.3 Å². The number of nitrogens with one attached hydrogen (secondary N) is 2. The highest BCUT2D eigenvalue weighted by Crippen LogP contribution is 2.20. The van der Waals surface area contributed by atoms with E-state index in [1.54, 1.807) is 4.68 Å². The van der Waals surface area contributed by atoms with Gasteiger partial charge in [0.05, 0.1) is 17.5 Å². The van der Waals surface area contributed by atoms with Crippen molar-refractivity contribution >= 4 is 17.6 Å². The molecule has 0 bridgehead atoms. The number of aryl methyl sites for hydroxylation is 2. The van der Waals surface area contributed by atoms with Crippen molar-refractivity contribution in [2.75, 3.05) is 10.7 Å². The lowest BCUT2D eigenvalue weighted by atomic mass is 10.3. The standard InChI is InChI=1S/C12H20N8O/c1-5-8-9(6-20(4)19-8)14-10-15-11(18-13)17-12(16-10)21-7(2)3/h6-7H,5,13H2,1-4H3,(H2,14,15,16,17,18). The second-order valence-electron chi connectivity index (χ2n) is 4.72. The largest absolute Gasteiger partial charge is 0.461 e. The summed E-state index contributed by atoms with van der Waals surface area (Å²) in [6, 6.07) is 0.206. The first-order chi connectivity index (χ1) is 10.0. The minimum Gasteiger partial charge on any atom is -0.461 e. The van der Waals surface area contributed by atoms with Crippen molar-refractivity contribution in [3.05, 3.63) is 11.9 Å². The number of rotatable bonds is 6. The van der Waals surface area contributed by atoms with Crippen molar-refractivity contribution in [3.8, 4) is 6.01 Å². The van der Waals surface area contributed by atoms with E-state index in [1.807, 2.05) is 34.0 Å². The molecule has 0 aliphatic rings. The second kappa shape index (κ2) is 6.35. The Hall–Kier alpha value is -2.42. The third-order valence-electron chi connectivity index (χ3n) is 2.57. The highest BCUT2D eigenvalue weighted by atomic mass is 16.5. The molecular formula is C12H20N8O. The summed E-state index contributed by atoms with van der Waals surface area (Å²) in [6.07, 6.45) is 2.61. The number of aromatic nitrogens is 5. The molecule has 114 valence electrons. The average Bonchev–Trinajstić information content (AvgIpc) is 2.77. The lowest BCUT2D eigenvalue weighted by molar-refractivity contribution is 0.222. The predicted octanol–water partition coefficient (Wildman–Crippen LogP) is 0.984. The minimum absolute atomic E-state index is 0.0459. The van der Waals surface area contributed by atoms with E-state index in [4.69, 9.17) is 10.6 Å². The Morgan fingerprint density at radius 3 is 2.62 bits per heavy atom. The van der Waals surface area contributed by atoms with Crippen LogP contribution in [0.5, 0.6) is 6.01 Å². The lowest BCUT2D eigenvalue weighted by Crippen LogP contribution is -2.15. The summed E-state index contributed by atoms with van der Waals surface area (Å²) in [5.41, 5.74) is 4.16. The molecule has 0 unspecified atom stereocenters. The van der Waals surface area contributed by atoms with Gasteiger partial charge in [0, 0.05) is 13.2 Å². The van der Waals surface area contributed by atoms with Gasteiger partial charge in [-0.25, -0.2) is 5.84 Å². The molecule has 0 radical (unpaired) electrons. The summed E-state index contributed by atoms with van der Waals surface area (Å²) < 4.78 is 7.21. The quantitative estimate of drug-likeness (QED) is 0.533. The fourth-order valence-corrected chi connectivity index (χ4v) is 1.76. The third-order valence-corrected chi connectivity index (χ3v) is 2.57. The molecule has 2 heterocycles. The first-order valence-electron chi connectivity index (χ1n) is 6.70. The SMILES string of the molecule is CCc1nn(C)cc1Nc1nc(NN)nc(OC(C)C)n1. The van der Waals surface area contributed by atoms with Gasteiger partial charge in [-0.15, -0.1) is 0 Å². The molecule has 0 atom stereocenters. The molecule has 0 fully saturated rings. The Labute approximate surface area is 122 Å². The molecule has 0 saturated carbocycles. The van der Waals surface area contributed by atoms with Gasteiger partial charge < -0.3 is 10.1 Å². The van der Waals surface area contributed by atoms with Crippen LogP contribution < -0.4 is 21.3 Å². The number of hydrogen-bond donors (Lipinski definition) is 3. The zero-order chi connectivity index (χ0) is 15.4. The van der Waals surface area contributed by atoms with Crippen molar-refractivity contribution < 1.29 is 4.74 Å². The highest BCUT2D eigenvalue weighted by molar-refractivity contribution is 5.56. The van der Waals surface area contributed by atoms with Gasteiger partial charge in [-0.2, -0.15) is 20.1 Å². The molecule has 0 spiro atoms. The van der Waals surface area contributed by atoms with Gasteiger partial charge in [0.2, 0.25) is 11.9 Å². The van der Waals surface area contributed by atoms with E-state index >= 15 is 0 Å². The van der Waals surface area contributed by atoms with Crippen LogP contribution in [0.1, 0.15) is 26.5 Å². The number of anilines is 3. The molecule has 2 aromatic heterocycles. The Morgan fingerprint density at radius 1 is 1.29 bits per heavy atom. The molecule has 2 rings (SSSR count). The average molecular weight is 292 g/mol. The van der Waals surface area contributed by atoms with Crippen LogP contribution in [0.15, 0.2) is 6.20 Å². The van der Waals surface area contributed by atoms with Crippen molar-refractivity contribution in [1.82, 2.24) is 24.7 Å². The van der Waals surface area contributed by atoms with Crippen LogP contribution in [0.25, 0.3) is 0 Å². The molecule has 9 heteroatoms. The summed E-state index contributed by atoms with van der Waals surface area (Å²) in [6.45, 7) is 5.81. The van der Waals surface area contributed by atoms with Gasteiger partial charge >= 0.3 is 6.01 Å². The molecule has 0 amide bonds. The van der Waals surface area contributed by atoms with E-state index in [-0.39, 0.29) is 18.1 Å². The van der Waals surface area contributed by atoms with E-state index in [0.29, 0.717) is 5.95 Å². The van der Waals surface area contributed by atoms with Crippen molar-refractivity contribution in [3.63, 3.8) is 0 Å². The molecule has 4 N–H and O–H groups in total. The first kappa shape index (κ1) is 15.0. The van der Waals surface area contributed by atoms with Crippen LogP contribution in [0, 0.1) is 0 Å². The maximum absolute atomic E-state index is 5.48. The van der Waals surface area contributed by atoms with E-state index in [2.05, 4.69) is 30.8 Å². The van der Waals surface area contributed by atoms with Gasteiger partial charge in [0.25, 0.3) is 0 Å². The minimum atomic E-state index is -0.0459. The van der Waals surface area contributed by atoms with E-state index in [9.17, 15) is 0 Å². The van der Waals surface area contributed by atoms with Gasteiger partial charge in [0.15, 0.2) is 0 Å². The van der Waals surface area contributed by atoms with Crippen molar-refractivity contribution in [2.24, 2.45) is 12.9 Å². The van der Waals surface area contributed by atoms with Crippen LogP contribution in [-0.2, 0) is 13.5 Å². The summed E-state index contributed by atoms with van der Waals surface area (Å²) in [5, 5.41) is 7.46. The molecular weight excluding hydrogens is 272 g/mol. The maximum atomic E-state index is 5.48. The van der Waals surface area contributed by atoms with Gasteiger partial charge in [-0.05, 0) is 20.3 Å². The van der Waals surface area contributed by atoms with Crippen LogP contribution in [-0.4, -0.2) is 30.8 Å². The lowest BCUT2D eigenvalue weighted by Gasteiger charge is -2.10. The molecule has 0 aromatic carbocycles. The van der Waals surface area contributed by atoms with E-state index in [0.717, 1.165) is 17.8 Å². The molecule has 9 nitrogen and oxygen atoms in total. The number of nitrogens with two attached hydrogens (primary N) is 1. The molecule has 0 aliphatic carbocycles. The van der Waals surface area contributed by atoms with Crippen LogP contribution in [0.3, 0.4) is 0 Å². The fraction of sp³-hybridized carbons (Fsp3) is 0.500. The van der Waals surface area contributed by atoms with Crippen LogP contribution in [0.2, 0.25) is 0 Å². The van der Waals surface area contributed by atoms with Crippen LogP contribution >= 0.6 is 0 Å². The smallest absolute Gasteiger partial charge is 0.323 e. The van der Waals surface area contributed by atoms with Gasteiger partial charge in [0.1, 0.15) is 0 Å². The zero-order valence-electron chi connectivity index (χ0n) is 12.6. The third kappa shape index (κ3) is 3.78. The van der Waals surface area contributed by atoms with E-state index < -0.39 is 0 Å². The molecule has 0 saturated heterocycles. The topological polar surface area (TPSA) is 116 Å². The normalized spacial score (nSPS) is 10.8. The first-order valence-corrected chi connectivity index (χ1v) is 6.70. The summed E-state index contributed by atoms with van der Waals surface area (Å²) in [5.74, 6) is 5.94. The van der Waals surface area contributed by atoms with Crippen LogP contribution in [0.4, 0.5) is 17.6 Å². The summed E-state index contributed by atoms with van der Waals surface area (Å²) in [4.78, 5) is 12.4. The Balaban J connectivity index is 2.29. The number of nitrogens with zero attached hydrogens (tertiary/aromatic N) is 5. The molecule has 0 aliphatic heterocycles. The fourth-order valence-electron chi connectivity index (χ4n) is 1.76. The highest BCUT2D eigenvalue weighted by Gasteiger charge is 2.12. The maximum Gasteiger partial charge on any atom is 0.323 e. The van der Waals surface area contributed by atoms with Gasteiger partial charge in [-0.3, -0.25) is 10.1 Å². The number of hydrogen-bond acceptors (Lipinski definition) is 8. The number of ether oxygens (including phenoxy) is 1. The number of nitrogen functional groups attached to an aromatic ring is 1. The Bertz CT molecular complexity index is 609. The predicted molar refractivity (Wildman–Crippen MR) is 79.3 cm³/mol. The second-order valence-corrected chi connectivity index (χ2v) is 4.72. The Kier molecular flexibility index (Phi) is 4.53.